The van der Waals surface area contributed by atoms with Gasteiger partial charge in [-0.3, -0.25) is 4.90 Å². The molecule has 5 heterocycles. The minimum absolute atomic E-state index is 0.0293. The number of carboxylic acids is 1. The number of hydrogen-bond acceptors (Lipinski definition) is 8. The summed E-state index contributed by atoms with van der Waals surface area (Å²) in [5.74, 6) is 0.515. The molecule has 0 unspecified atom stereocenters. The first kappa shape index (κ1) is 26.1. The zero-order chi connectivity index (χ0) is 28.1. The van der Waals surface area contributed by atoms with Crippen LogP contribution >= 0.6 is 11.3 Å². The number of aromatic carboxylic acids is 1. The first-order valence-electron chi connectivity index (χ1n) is 13.8. The molecule has 3 atom stereocenters. The number of carbonyl (C=O) groups is 1. The number of fused-ring (bicyclic) bond motifs is 2. The number of halogens is 1. The summed E-state index contributed by atoms with van der Waals surface area (Å²) in [6.45, 7) is 4.04. The average Bonchev–Trinajstić information content (AvgIpc) is 3.40. The van der Waals surface area contributed by atoms with E-state index in [4.69, 9.17) is 24.7 Å². The van der Waals surface area contributed by atoms with Crippen molar-refractivity contribution in [3.63, 3.8) is 0 Å². The lowest BCUT2D eigenvalue weighted by Gasteiger charge is -2.32. The fraction of sp³-hybridized carbons (Fsp3) is 0.400. The SMILES string of the molecule is N#Cc1ccc(COc2cccc([C@]34CCN(Cc5nc6sc(C(=O)O)cc6n5C[C@@H]5CCO5)C[C@H]3C4)n2)c(F)c1. The van der Waals surface area contributed by atoms with Crippen molar-refractivity contribution < 1.29 is 23.8 Å². The fourth-order valence-electron chi connectivity index (χ4n) is 6.15. The molecule has 1 N–H and O–H groups in total. The van der Waals surface area contributed by atoms with E-state index in [9.17, 15) is 14.3 Å². The number of ether oxygens (including phenoxy) is 2. The standard InChI is InChI=1S/C30H28FN5O4S/c31-22-10-18(13-32)4-5-19(22)17-40-27-3-1-2-25(33-27)30-7-8-35(14-20(30)12-30)16-26-34-28-23(11-24(41-28)29(37)38)36(26)15-21-6-9-39-21/h1-5,10-11,20-21H,6-9,12,14-17H2,(H,37,38)/t20-,21+,30+/m1/s1. The molecule has 0 radical (unpaired) electrons. The molecule has 9 nitrogen and oxygen atoms in total. The molecule has 41 heavy (non-hydrogen) atoms. The molecular weight excluding hydrogens is 545 g/mol. The van der Waals surface area contributed by atoms with E-state index in [1.54, 1.807) is 24.3 Å². The van der Waals surface area contributed by atoms with E-state index in [1.165, 1.54) is 17.4 Å². The summed E-state index contributed by atoms with van der Waals surface area (Å²) in [5, 5.41) is 18.4. The number of nitriles is 1. The van der Waals surface area contributed by atoms with Gasteiger partial charge in [-0.25, -0.2) is 19.2 Å². The lowest BCUT2D eigenvalue weighted by atomic mass is 9.91. The van der Waals surface area contributed by atoms with Crippen molar-refractivity contribution in [2.24, 2.45) is 5.92 Å². The molecule has 1 aromatic carbocycles. The highest BCUT2D eigenvalue weighted by Crippen LogP contribution is 2.59. The molecule has 210 valence electrons. The zero-order valence-electron chi connectivity index (χ0n) is 22.3. The predicted molar refractivity (Wildman–Crippen MR) is 148 cm³/mol. The van der Waals surface area contributed by atoms with Crippen molar-refractivity contribution in [3.05, 3.63) is 75.8 Å². The van der Waals surface area contributed by atoms with Crippen LogP contribution in [0.15, 0.2) is 42.5 Å². The number of aromatic nitrogens is 3. The third-order valence-corrected chi connectivity index (χ3v) is 9.66. The van der Waals surface area contributed by atoms with E-state index >= 15 is 0 Å². The first-order valence-corrected chi connectivity index (χ1v) is 14.6. The van der Waals surface area contributed by atoms with Gasteiger partial charge in [0.2, 0.25) is 5.88 Å². The largest absolute Gasteiger partial charge is 0.477 e. The maximum Gasteiger partial charge on any atom is 0.346 e. The number of carboxylic acid groups (broad SMARTS) is 1. The van der Waals surface area contributed by atoms with Gasteiger partial charge in [-0.05, 0) is 56.0 Å². The molecule has 3 aliphatic rings. The summed E-state index contributed by atoms with van der Waals surface area (Å²) in [4.78, 5) is 24.7. The molecule has 4 aromatic rings. The van der Waals surface area contributed by atoms with E-state index in [-0.39, 0.29) is 23.7 Å². The first-order chi connectivity index (χ1) is 19.9. The van der Waals surface area contributed by atoms with Crippen molar-refractivity contribution >= 4 is 27.7 Å². The van der Waals surface area contributed by atoms with Gasteiger partial charge in [-0.2, -0.15) is 5.26 Å². The van der Waals surface area contributed by atoms with Gasteiger partial charge in [-0.15, -0.1) is 11.3 Å². The average molecular weight is 574 g/mol. The highest BCUT2D eigenvalue weighted by molar-refractivity contribution is 7.20. The molecule has 3 aromatic heterocycles. The molecule has 0 spiro atoms. The van der Waals surface area contributed by atoms with Crippen LogP contribution < -0.4 is 4.74 Å². The molecule has 0 bridgehead atoms. The maximum absolute atomic E-state index is 14.3. The van der Waals surface area contributed by atoms with Gasteiger partial charge in [0.25, 0.3) is 0 Å². The number of benzene rings is 1. The number of piperidine rings is 1. The molecule has 2 aliphatic heterocycles. The quantitative estimate of drug-likeness (QED) is 0.306. The third-order valence-electron chi connectivity index (χ3n) is 8.66. The smallest absolute Gasteiger partial charge is 0.346 e. The van der Waals surface area contributed by atoms with Crippen molar-refractivity contribution in [3.8, 4) is 11.9 Å². The monoisotopic (exact) mass is 573 g/mol. The normalized spacial score (nSPS) is 23.5. The van der Waals surface area contributed by atoms with E-state index in [0.717, 1.165) is 60.8 Å². The Bertz CT molecular complexity index is 1690. The van der Waals surface area contributed by atoms with Gasteiger partial charge < -0.3 is 19.1 Å². The van der Waals surface area contributed by atoms with Gasteiger partial charge in [0.15, 0.2) is 0 Å². The van der Waals surface area contributed by atoms with Crippen LogP contribution in [0.2, 0.25) is 0 Å². The number of hydrogen-bond donors (Lipinski definition) is 1. The molecular formula is C30H28FN5O4S. The fourth-order valence-corrected chi connectivity index (χ4v) is 7.05. The van der Waals surface area contributed by atoms with Gasteiger partial charge in [0.1, 0.15) is 28.0 Å². The van der Waals surface area contributed by atoms with E-state index < -0.39 is 11.8 Å². The summed E-state index contributed by atoms with van der Waals surface area (Å²) in [6.07, 6.45) is 3.18. The van der Waals surface area contributed by atoms with Crippen molar-refractivity contribution in [1.82, 2.24) is 19.4 Å². The number of nitrogens with zero attached hydrogens (tertiary/aromatic N) is 5. The second-order valence-electron chi connectivity index (χ2n) is 11.1. The maximum atomic E-state index is 14.3. The van der Waals surface area contributed by atoms with Gasteiger partial charge >= 0.3 is 5.97 Å². The number of thiophene rings is 1. The minimum atomic E-state index is -0.924. The van der Waals surface area contributed by atoms with Crippen LogP contribution in [0.1, 0.15) is 51.6 Å². The van der Waals surface area contributed by atoms with E-state index in [2.05, 4.69) is 15.5 Å². The third kappa shape index (κ3) is 4.86. The van der Waals surface area contributed by atoms with Gasteiger partial charge in [-0.1, -0.05) is 12.1 Å². The number of rotatable bonds is 9. The Balaban J connectivity index is 1.03. The Morgan fingerprint density at radius 3 is 2.90 bits per heavy atom. The number of pyridine rings is 1. The summed E-state index contributed by atoms with van der Waals surface area (Å²) in [6, 6.07) is 13.8. The van der Waals surface area contributed by atoms with Crippen molar-refractivity contribution in [1.29, 1.82) is 5.26 Å². The van der Waals surface area contributed by atoms with E-state index in [0.29, 0.717) is 35.3 Å². The van der Waals surface area contributed by atoms with Crippen molar-refractivity contribution in [2.75, 3.05) is 19.7 Å². The summed E-state index contributed by atoms with van der Waals surface area (Å²) in [5.41, 5.74) is 2.58. The molecule has 1 aliphatic carbocycles. The summed E-state index contributed by atoms with van der Waals surface area (Å²) >= 11 is 1.22. The molecule has 1 saturated carbocycles. The number of likely N-dealkylation sites (tertiary alicyclic amines) is 1. The molecule has 0 amide bonds. The van der Waals surface area contributed by atoms with Crippen LogP contribution in [0, 0.1) is 23.1 Å². The van der Waals surface area contributed by atoms with Gasteiger partial charge in [0, 0.05) is 30.2 Å². The highest BCUT2D eigenvalue weighted by Gasteiger charge is 2.58. The summed E-state index contributed by atoms with van der Waals surface area (Å²) < 4.78 is 28.0. The van der Waals surface area contributed by atoms with E-state index in [1.807, 2.05) is 12.1 Å². The molecule has 7 rings (SSSR count). The Labute approximate surface area is 239 Å². The Kier molecular flexibility index (Phi) is 6.49. The predicted octanol–water partition coefficient (Wildman–Crippen LogP) is 4.73. The second-order valence-corrected chi connectivity index (χ2v) is 12.2. The molecule has 2 saturated heterocycles. The topological polar surface area (TPSA) is 114 Å². The Hall–Kier alpha value is -3.85. The van der Waals surface area contributed by atoms with Crippen LogP contribution in [-0.2, 0) is 29.8 Å². The zero-order valence-corrected chi connectivity index (χ0v) is 23.1. The lowest BCUT2D eigenvalue weighted by Crippen LogP contribution is -2.37. The minimum Gasteiger partial charge on any atom is -0.477 e. The second kappa shape index (κ2) is 10.2. The van der Waals surface area contributed by atoms with Crippen molar-refractivity contribution in [2.45, 2.75) is 50.5 Å². The van der Waals surface area contributed by atoms with Crippen LogP contribution in [0.25, 0.3) is 10.3 Å². The molecule has 3 fully saturated rings. The summed E-state index contributed by atoms with van der Waals surface area (Å²) in [7, 11) is 0. The van der Waals surface area contributed by atoms with Crippen LogP contribution in [-0.4, -0.2) is 56.3 Å². The van der Waals surface area contributed by atoms with Crippen LogP contribution in [0.5, 0.6) is 5.88 Å². The van der Waals surface area contributed by atoms with Crippen LogP contribution in [0.4, 0.5) is 4.39 Å². The van der Waals surface area contributed by atoms with Gasteiger partial charge in [0.05, 0.1) is 42.0 Å². The Morgan fingerprint density at radius 2 is 2.17 bits per heavy atom. The van der Waals surface area contributed by atoms with Crippen LogP contribution in [0.3, 0.4) is 0 Å². The molecule has 11 heteroatoms. The number of imidazole rings is 1. The highest BCUT2D eigenvalue weighted by atomic mass is 32.1. The Morgan fingerprint density at radius 1 is 1.29 bits per heavy atom. The lowest BCUT2D eigenvalue weighted by molar-refractivity contribution is -0.0592.